The molecule has 32 heteroatoms. The highest BCUT2D eigenvalue weighted by Gasteiger charge is 2.39. The smallest absolute Gasteiger partial charge is 0.308 e. The van der Waals surface area contributed by atoms with Crippen molar-refractivity contribution in [1.82, 2.24) is 64.4 Å². The number of carbonyl (C=O) groups excluding carboxylic acids is 4. The number of aryl methyl sites for hydroxylation is 6. The molecule has 4 unspecified atom stereocenters. The van der Waals surface area contributed by atoms with Gasteiger partial charge in [0.05, 0.1) is 61.7 Å². The third-order valence-corrected chi connectivity index (χ3v) is 27.5. The van der Waals surface area contributed by atoms with Crippen molar-refractivity contribution < 1.29 is 33.4 Å². The summed E-state index contributed by atoms with van der Waals surface area (Å²) in [6.07, 6.45) is 0.295. The molecular formula is C95H115Cl4N17O7S4. The Bertz CT molecular complexity index is 5970. The summed E-state index contributed by atoms with van der Waals surface area (Å²) < 4.78 is 24.1. The van der Waals surface area contributed by atoms with Gasteiger partial charge in [-0.15, -0.1) is 86.1 Å². The predicted molar refractivity (Wildman–Crippen MR) is 520 cm³/mol. The van der Waals surface area contributed by atoms with Gasteiger partial charge in [-0.25, -0.2) is 0 Å². The molecule has 4 aliphatic rings. The molecule has 4 atom stereocenters. The molecule has 0 fully saturated rings. The number of benzene rings is 4. The van der Waals surface area contributed by atoms with E-state index in [1.54, 1.807) is 45.3 Å². The molecule has 0 saturated heterocycles. The Morgan fingerprint density at radius 3 is 0.921 bits per heavy atom. The number of hydrogen-bond acceptors (Lipinski definition) is 23. The van der Waals surface area contributed by atoms with Crippen molar-refractivity contribution in [1.29, 1.82) is 0 Å². The lowest BCUT2D eigenvalue weighted by molar-refractivity contribution is -0.155. The molecule has 0 saturated carbocycles. The zero-order valence-electron chi connectivity index (χ0n) is 72.8. The lowest BCUT2D eigenvalue weighted by atomic mass is 9.97. The van der Waals surface area contributed by atoms with E-state index in [0.29, 0.717) is 55.2 Å². The summed E-state index contributed by atoms with van der Waals surface area (Å²) in [5.74, 6) is 5.47. The molecule has 0 bridgehead atoms. The molecule has 1 amide bonds. The molecule has 12 heterocycles. The molecule has 127 heavy (non-hydrogen) atoms. The van der Waals surface area contributed by atoms with E-state index >= 15 is 0 Å². The summed E-state index contributed by atoms with van der Waals surface area (Å²) >= 11 is 31.4. The lowest BCUT2D eigenvalue weighted by Crippen LogP contribution is -2.31. The number of fused-ring (bicyclic) bond motifs is 12. The number of methoxy groups -OCH3 is 1. The first-order valence-corrected chi connectivity index (χ1v) is 45.4. The molecule has 4 aromatic carbocycles. The number of nitrogens with one attached hydrogen (secondary N) is 1. The summed E-state index contributed by atoms with van der Waals surface area (Å²) in [6.45, 7) is 42.3. The largest absolute Gasteiger partial charge is 0.469 e. The van der Waals surface area contributed by atoms with Crippen LogP contribution >= 0.6 is 91.8 Å². The third kappa shape index (κ3) is 21.5. The van der Waals surface area contributed by atoms with Crippen LogP contribution in [-0.4, -0.2) is 131 Å². The van der Waals surface area contributed by atoms with Crippen LogP contribution in [0.1, 0.15) is 300 Å². The first-order valence-electron chi connectivity index (χ1n) is 40.6. The predicted octanol–water partition coefficient (Wildman–Crippen LogP) is 23.9. The van der Waals surface area contributed by atoms with Gasteiger partial charge in [-0.05, 0) is 200 Å². The summed E-state index contributed by atoms with van der Waals surface area (Å²) in [5.41, 5.74) is 15.5. The van der Waals surface area contributed by atoms with Crippen molar-refractivity contribution in [3.8, 4) is 20.0 Å². The molecule has 0 radical (unpaired) electrons. The van der Waals surface area contributed by atoms with Crippen LogP contribution in [-0.2, 0) is 33.4 Å². The first-order chi connectivity index (χ1) is 58.3. The standard InChI is InChI=1S/C25H29ClN4O2S.C22H24ClN5OS.2C22H23ClN4O2S.4CH4/c1-13(2)22-14(3)20-21(16-8-10-17(26)11-9-16)27-18(12-19(31)32-25(5,6)7)23-29-28-15(4)30(23)24(20)33-22;1-11(2)24-18(29)10-17-21-27-26-14(5)28(21)22-19(12(3)13(4)30-22)20(25-17)15-6-8-16(23)9-7-15;1-11(2)20-12(3)18-19(14-6-8-15(23)9-7-14)24-16(10-17(28)29-5)21-26-25-13(4)27(21)22(18)30-20;1-11(2)29-18(28)10-17-21-26-25-14(5)27(21)22-19(12(3)13(4)30-22)20(24-17)15-6-8-16(23)9-7-15;;;;/h8-11,13,18H,12H2,1-7H3;6-9,11,17H,10H2,1-5H3,(H,24,29);6-9,11,16H,10H2,1-5H3;6-9,11,17H,10H2,1-5H3;4*1H4. The third-order valence-electron chi connectivity index (χ3n) is 21.0. The Morgan fingerprint density at radius 1 is 0.386 bits per heavy atom. The fourth-order valence-electron chi connectivity index (χ4n) is 15.3. The van der Waals surface area contributed by atoms with E-state index in [4.69, 9.17) is 80.6 Å². The Labute approximate surface area is 781 Å². The van der Waals surface area contributed by atoms with Gasteiger partial charge in [0.1, 0.15) is 73.1 Å². The van der Waals surface area contributed by atoms with Crippen molar-refractivity contribution in [3.05, 3.63) is 250 Å². The Morgan fingerprint density at radius 2 is 0.654 bits per heavy atom. The Balaban J connectivity index is 0.000000189. The second-order valence-corrected chi connectivity index (χ2v) is 39.0. The molecule has 674 valence electrons. The van der Waals surface area contributed by atoms with Crippen LogP contribution in [0.2, 0.25) is 20.1 Å². The number of rotatable bonds is 16. The number of esters is 3. The number of hydrogen-bond donors (Lipinski definition) is 1. The van der Waals surface area contributed by atoms with Crippen LogP contribution in [0.25, 0.3) is 20.0 Å². The highest BCUT2D eigenvalue weighted by molar-refractivity contribution is 7.16. The molecule has 24 nitrogen and oxygen atoms in total. The van der Waals surface area contributed by atoms with E-state index in [1.165, 1.54) is 43.3 Å². The molecule has 12 aromatic rings. The number of thiophene rings is 4. The molecular weight excluding hydrogens is 1760 g/mol. The van der Waals surface area contributed by atoms with Crippen molar-refractivity contribution in [3.63, 3.8) is 0 Å². The normalized spacial score (nSPS) is 15.0. The average molecular weight is 1880 g/mol. The van der Waals surface area contributed by atoms with Gasteiger partial charge in [0.15, 0.2) is 23.3 Å². The van der Waals surface area contributed by atoms with E-state index < -0.39 is 29.8 Å². The molecule has 1 N–H and O–H groups in total. The van der Waals surface area contributed by atoms with Gasteiger partial charge in [0, 0.05) is 90.1 Å². The minimum Gasteiger partial charge on any atom is -0.469 e. The van der Waals surface area contributed by atoms with Crippen LogP contribution in [0.3, 0.4) is 0 Å². The highest BCUT2D eigenvalue weighted by atomic mass is 35.5. The second-order valence-electron chi connectivity index (χ2n) is 32.8. The number of halogens is 4. The van der Waals surface area contributed by atoms with E-state index in [0.717, 1.165) is 116 Å². The van der Waals surface area contributed by atoms with Gasteiger partial charge < -0.3 is 19.5 Å². The monoisotopic (exact) mass is 1870 g/mol. The number of ether oxygens (including phenoxy) is 3. The van der Waals surface area contributed by atoms with Crippen molar-refractivity contribution in [2.24, 2.45) is 20.0 Å². The number of carbonyl (C=O) groups is 4. The molecule has 8 aromatic heterocycles. The fraction of sp³-hybridized carbons (Fsp3) is 0.411. The summed E-state index contributed by atoms with van der Waals surface area (Å²) in [4.78, 5) is 75.4. The summed E-state index contributed by atoms with van der Waals surface area (Å²) in [6, 6.07) is 28.7. The van der Waals surface area contributed by atoms with Crippen LogP contribution in [0.15, 0.2) is 117 Å². The van der Waals surface area contributed by atoms with Crippen LogP contribution < -0.4 is 5.32 Å². The van der Waals surface area contributed by atoms with Gasteiger partial charge in [0.2, 0.25) is 5.91 Å². The fourth-order valence-corrected chi connectivity index (χ4v) is 20.9. The number of aliphatic imine (C=N–C) groups is 4. The zero-order valence-corrected chi connectivity index (χ0v) is 79.1. The van der Waals surface area contributed by atoms with Crippen LogP contribution in [0.5, 0.6) is 0 Å². The van der Waals surface area contributed by atoms with Gasteiger partial charge >= 0.3 is 17.9 Å². The number of amides is 1. The van der Waals surface area contributed by atoms with E-state index in [9.17, 15) is 19.2 Å². The first kappa shape index (κ1) is 101. The minimum atomic E-state index is -0.574. The number of aromatic nitrogens is 12. The van der Waals surface area contributed by atoms with Crippen LogP contribution in [0, 0.1) is 69.2 Å². The quantitative estimate of drug-likeness (QED) is 0.0695. The maximum atomic E-state index is 12.8. The van der Waals surface area contributed by atoms with E-state index in [-0.39, 0.29) is 91.4 Å². The van der Waals surface area contributed by atoms with E-state index in [1.807, 2.05) is 182 Å². The summed E-state index contributed by atoms with van der Waals surface area (Å²) in [7, 11) is 1.38. The molecule has 4 aliphatic heterocycles. The van der Waals surface area contributed by atoms with Gasteiger partial charge in [-0.1, -0.05) is 152 Å². The SMILES string of the molecule is C.C.C.C.COC(=O)CC1N=C(c2ccc(Cl)cc2)c2c(sc(C(C)C)c2C)-n2c(C)nnc21.Cc1c(C(C)C)sc2c1C(c1ccc(Cl)cc1)=NC(CC(=O)OC(C)(C)C)c1nnc(C)n1-2.Cc1sc2c(c1C)C(c1ccc(Cl)cc1)=NC(CC(=O)NC(C)C)c1nnc(C)n1-2.Cc1sc2c(c1C)C(c1ccc(Cl)cc1)=NC(CC(=O)OC(C)C)c1nnc(C)n1-2. The minimum absolute atomic E-state index is 0. The summed E-state index contributed by atoms with van der Waals surface area (Å²) in [5, 5.41) is 44.7. The molecule has 16 rings (SSSR count). The van der Waals surface area contributed by atoms with E-state index in [2.05, 4.69) is 124 Å². The Hall–Kier alpha value is -10.0. The average Bonchev–Trinajstić information content (AvgIpc) is 1.60. The molecule has 0 spiro atoms. The zero-order chi connectivity index (χ0) is 88.8. The van der Waals surface area contributed by atoms with Gasteiger partial charge in [0.25, 0.3) is 0 Å². The molecule has 0 aliphatic carbocycles. The van der Waals surface area contributed by atoms with Crippen molar-refractivity contribution in [2.75, 3.05) is 7.11 Å². The highest BCUT2D eigenvalue weighted by Crippen LogP contribution is 2.47. The second kappa shape index (κ2) is 41.6. The lowest BCUT2D eigenvalue weighted by Gasteiger charge is -2.21. The maximum absolute atomic E-state index is 12.8. The van der Waals surface area contributed by atoms with Gasteiger partial charge in [-0.3, -0.25) is 57.4 Å². The maximum Gasteiger partial charge on any atom is 0.308 e. The van der Waals surface area contributed by atoms with Gasteiger partial charge in [-0.2, -0.15) is 0 Å². The van der Waals surface area contributed by atoms with Crippen molar-refractivity contribution in [2.45, 2.75) is 255 Å². The number of nitrogens with zero attached hydrogens (tertiary/aromatic N) is 16. The Kier molecular flexibility index (Phi) is 33.0. The van der Waals surface area contributed by atoms with Crippen molar-refractivity contribution >= 4 is 138 Å². The topological polar surface area (TPSA) is 280 Å². The van der Waals surface area contributed by atoms with Crippen LogP contribution in [0.4, 0.5) is 0 Å².